The number of urea groups is 1. The van der Waals surface area contributed by atoms with E-state index in [1.165, 1.54) is 11.3 Å². The van der Waals surface area contributed by atoms with Crippen LogP contribution in [0.3, 0.4) is 0 Å². The molecule has 33 heavy (non-hydrogen) atoms. The molecule has 0 atom stereocenters. The fraction of sp³-hybridized carbons (Fsp3) is 0.435. The van der Waals surface area contributed by atoms with E-state index >= 15 is 0 Å². The van der Waals surface area contributed by atoms with Crippen molar-refractivity contribution in [1.29, 1.82) is 0 Å². The lowest BCUT2D eigenvalue weighted by Gasteiger charge is -2.21. The molecule has 178 valence electrons. The summed E-state index contributed by atoms with van der Waals surface area (Å²) < 4.78 is 0. The summed E-state index contributed by atoms with van der Waals surface area (Å²) in [6, 6.07) is 6.29. The highest BCUT2D eigenvalue weighted by Crippen LogP contribution is 2.37. The van der Waals surface area contributed by atoms with E-state index in [-0.39, 0.29) is 22.3 Å². The molecule has 0 spiro atoms. The summed E-state index contributed by atoms with van der Waals surface area (Å²) >= 11 is 13.6. The SMILES string of the molecule is CC(=O)N1CCCN(C(=O)c2cc(C(C)(C)C)sc2NC(=O)Nc2cccc(Cl)c2Cl)CC1. The summed E-state index contributed by atoms with van der Waals surface area (Å²) in [4.78, 5) is 42.4. The second-order valence-electron chi connectivity index (χ2n) is 8.94. The molecule has 7 nitrogen and oxygen atoms in total. The Labute approximate surface area is 208 Å². The second-order valence-corrected chi connectivity index (χ2v) is 10.8. The minimum Gasteiger partial charge on any atom is -0.341 e. The third kappa shape index (κ3) is 6.19. The summed E-state index contributed by atoms with van der Waals surface area (Å²) in [6.45, 7) is 9.82. The Morgan fingerprint density at radius 3 is 2.33 bits per heavy atom. The van der Waals surface area contributed by atoms with Gasteiger partial charge in [0.25, 0.3) is 5.91 Å². The number of halogens is 2. The number of benzene rings is 1. The average Bonchev–Trinajstić information content (AvgIpc) is 2.99. The number of carbonyl (C=O) groups is 3. The number of thiophene rings is 1. The minimum absolute atomic E-state index is 0.00792. The minimum atomic E-state index is -0.519. The quantitative estimate of drug-likeness (QED) is 0.556. The molecular formula is C23H28Cl2N4O3S. The summed E-state index contributed by atoms with van der Waals surface area (Å²) in [6.07, 6.45) is 0.706. The normalized spacial score (nSPS) is 14.6. The topological polar surface area (TPSA) is 81.8 Å². The van der Waals surface area contributed by atoms with Gasteiger partial charge in [-0.05, 0) is 30.0 Å². The molecule has 2 aromatic rings. The molecule has 0 aliphatic carbocycles. The van der Waals surface area contributed by atoms with Crippen LogP contribution >= 0.6 is 34.5 Å². The van der Waals surface area contributed by atoms with Gasteiger partial charge in [-0.1, -0.05) is 50.0 Å². The fourth-order valence-corrected chi connectivity index (χ4v) is 4.93. The largest absolute Gasteiger partial charge is 0.341 e. The predicted molar refractivity (Wildman–Crippen MR) is 135 cm³/mol. The first-order valence-corrected chi connectivity index (χ1v) is 12.3. The van der Waals surface area contributed by atoms with Crippen LogP contribution < -0.4 is 10.6 Å². The monoisotopic (exact) mass is 510 g/mol. The molecule has 1 aliphatic heterocycles. The molecule has 10 heteroatoms. The summed E-state index contributed by atoms with van der Waals surface area (Å²) in [5.41, 5.74) is 0.615. The van der Waals surface area contributed by atoms with E-state index in [4.69, 9.17) is 23.2 Å². The molecule has 0 saturated carbocycles. The summed E-state index contributed by atoms with van der Waals surface area (Å²) in [7, 11) is 0. The molecule has 0 unspecified atom stereocenters. The van der Waals surface area contributed by atoms with Gasteiger partial charge < -0.3 is 15.1 Å². The van der Waals surface area contributed by atoms with Gasteiger partial charge in [0.1, 0.15) is 5.00 Å². The van der Waals surface area contributed by atoms with Crippen molar-refractivity contribution in [2.45, 2.75) is 39.5 Å². The molecule has 1 aromatic carbocycles. The van der Waals surface area contributed by atoms with E-state index in [0.29, 0.717) is 53.9 Å². The lowest BCUT2D eigenvalue weighted by Crippen LogP contribution is -2.36. The molecule has 0 radical (unpaired) electrons. The smallest absolute Gasteiger partial charge is 0.324 e. The van der Waals surface area contributed by atoms with Crippen molar-refractivity contribution >= 4 is 63.1 Å². The molecule has 3 rings (SSSR count). The molecule has 1 fully saturated rings. The molecular weight excluding hydrogens is 483 g/mol. The fourth-order valence-electron chi connectivity index (χ4n) is 3.48. The van der Waals surface area contributed by atoms with Gasteiger partial charge in [-0.2, -0.15) is 0 Å². The van der Waals surface area contributed by atoms with Gasteiger partial charge in [-0.25, -0.2) is 4.79 Å². The Balaban J connectivity index is 1.83. The number of hydrogen-bond donors (Lipinski definition) is 2. The van der Waals surface area contributed by atoms with Crippen LogP contribution in [-0.2, 0) is 10.2 Å². The number of amides is 4. The average molecular weight is 511 g/mol. The first-order chi connectivity index (χ1) is 15.5. The molecule has 1 aromatic heterocycles. The Morgan fingerprint density at radius 2 is 1.67 bits per heavy atom. The van der Waals surface area contributed by atoms with Crippen LogP contribution in [0.2, 0.25) is 10.0 Å². The Kier molecular flexibility index (Phi) is 7.92. The van der Waals surface area contributed by atoms with Crippen molar-refractivity contribution in [1.82, 2.24) is 9.80 Å². The maximum atomic E-state index is 13.4. The maximum Gasteiger partial charge on any atom is 0.324 e. The van der Waals surface area contributed by atoms with Crippen molar-refractivity contribution in [3.8, 4) is 0 Å². The Morgan fingerprint density at radius 1 is 1.00 bits per heavy atom. The number of anilines is 2. The van der Waals surface area contributed by atoms with E-state index in [1.54, 1.807) is 34.9 Å². The molecule has 1 saturated heterocycles. The zero-order valence-electron chi connectivity index (χ0n) is 19.1. The Bertz CT molecular complexity index is 1060. The van der Waals surface area contributed by atoms with Gasteiger partial charge >= 0.3 is 6.03 Å². The van der Waals surface area contributed by atoms with Crippen molar-refractivity contribution < 1.29 is 14.4 Å². The van der Waals surface area contributed by atoms with Gasteiger partial charge in [-0.3, -0.25) is 14.9 Å². The van der Waals surface area contributed by atoms with E-state index in [9.17, 15) is 14.4 Å². The molecule has 4 amide bonds. The van der Waals surface area contributed by atoms with Crippen LogP contribution in [0.4, 0.5) is 15.5 Å². The first kappa shape index (κ1) is 25.3. The van der Waals surface area contributed by atoms with Crippen LogP contribution in [0.15, 0.2) is 24.3 Å². The number of rotatable bonds is 3. The zero-order chi connectivity index (χ0) is 24.3. The first-order valence-electron chi connectivity index (χ1n) is 10.7. The van der Waals surface area contributed by atoms with E-state index in [1.807, 2.05) is 6.07 Å². The van der Waals surface area contributed by atoms with E-state index < -0.39 is 6.03 Å². The van der Waals surface area contributed by atoms with Gasteiger partial charge in [0, 0.05) is 38.0 Å². The number of hydrogen-bond acceptors (Lipinski definition) is 4. The summed E-state index contributed by atoms with van der Waals surface area (Å²) in [5, 5.41) is 6.55. The molecule has 1 aliphatic rings. The van der Waals surface area contributed by atoms with Crippen molar-refractivity contribution in [3.63, 3.8) is 0 Å². The lowest BCUT2D eigenvalue weighted by atomic mass is 9.94. The molecule has 2 heterocycles. The van der Waals surface area contributed by atoms with Crippen LogP contribution in [0.5, 0.6) is 0 Å². The summed E-state index contributed by atoms with van der Waals surface area (Å²) in [5.74, 6) is -0.156. The lowest BCUT2D eigenvalue weighted by molar-refractivity contribution is -0.128. The maximum absolute atomic E-state index is 13.4. The Hall–Kier alpha value is -2.29. The molecule has 0 bridgehead atoms. The highest BCUT2D eigenvalue weighted by Gasteiger charge is 2.28. The molecule has 2 N–H and O–H groups in total. The zero-order valence-corrected chi connectivity index (χ0v) is 21.5. The van der Waals surface area contributed by atoms with E-state index in [2.05, 4.69) is 31.4 Å². The van der Waals surface area contributed by atoms with Crippen LogP contribution in [0, 0.1) is 0 Å². The van der Waals surface area contributed by atoms with E-state index in [0.717, 1.165) is 4.88 Å². The highest BCUT2D eigenvalue weighted by atomic mass is 35.5. The van der Waals surface area contributed by atoms with Crippen LogP contribution in [-0.4, -0.2) is 53.8 Å². The van der Waals surface area contributed by atoms with Gasteiger partial charge in [-0.15, -0.1) is 11.3 Å². The van der Waals surface area contributed by atoms with Gasteiger partial charge in [0.2, 0.25) is 5.91 Å². The second kappa shape index (κ2) is 10.3. The van der Waals surface area contributed by atoms with Crippen LogP contribution in [0.25, 0.3) is 0 Å². The number of carbonyl (C=O) groups excluding carboxylic acids is 3. The third-order valence-corrected chi connectivity index (χ3v) is 7.65. The number of nitrogens with one attached hydrogen (secondary N) is 2. The highest BCUT2D eigenvalue weighted by molar-refractivity contribution is 7.16. The van der Waals surface area contributed by atoms with Crippen molar-refractivity contribution in [3.05, 3.63) is 44.8 Å². The van der Waals surface area contributed by atoms with Crippen molar-refractivity contribution in [2.24, 2.45) is 0 Å². The van der Waals surface area contributed by atoms with Gasteiger partial charge in [0.15, 0.2) is 0 Å². The van der Waals surface area contributed by atoms with Crippen LogP contribution in [0.1, 0.15) is 49.4 Å². The third-order valence-electron chi connectivity index (χ3n) is 5.36. The van der Waals surface area contributed by atoms with Gasteiger partial charge in [0.05, 0.1) is 21.3 Å². The van der Waals surface area contributed by atoms with Crippen molar-refractivity contribution in [2.75, 3.05) is 36.8 Å². The standard InChI is InChI=1S/C23H28Cl2N4O3S/c1-14(30)28-9-6-10-29(12-11-28)21(31)15-13-18(23(2,3)4)33-20(15)27-22(32)26-17-8-5-7-16(24)19(17)25/h5,7-8,13H,6,9-12H2,1-4H3,(H2,26,27,32). The number of nitrogens with zero attached hydrogens (tertiary/aromatic N) is 2. The predicted octanol–water partition coefficient (Wildman–Crippen LogP) is 5.69.